The Morgan fingerprint density at radius 1 is 1.30 bits per heavy atom. The molecule has 1 atom stereocenters. The highest BCUT2D eigenvalue weighted by Crippen LogP contribution is 2.13. The smallest absolute Gasteiger partial charge is 0.119 e. The molecule has 0 fully saturated rings. The van der Waals surface area contributed by atoms with Crippen LogP contribution < -0.4 is 10.1 Å². The lowest BCUT2D eigenvalue weighted by Crippen LogP contribution is -2.32. The summed E-state index contributed by atoms with van der Waals surface area (Å²) in [4.78, 5) is 0. The second kappa shape index (κ2) is 9.78. The van der Waals surface area contributed by atoms with Crippen LogP contribution in [0.4, 0.5) is 0 Å². The van der Waals surface area contributed by atoms with Crippen molar-refractivity contribution in [1.29, 1.82) is 0 Å². The molecule has 3 heteroatoms. The molecule has 1 aromatic rings. The second-order valence-electron chi connectivity index (χ2n) is 5.71. The van der Waals surface area contributed by atoms with Gasteiger partial charge in [0.15, 0.2) is 0 Å². The Bertz CT molecular complexity index is 366. The molecule has 20 heavy (non-hydrogen) atoms. The van der Waals surface area contributed by atoms with Crippen molar-refractivity contribution in [3.8, 4) is 5.75 Å². The van der Waals surface area contributed by atoms with E-state index in [2.05, 4.69) is 32.2 Å². The fourth-order valence-corrected chi connectivity index (χ4v) is 2.01. The maximum absolute atomic E-state index is 9.86. The zero-order valence-electron chi connectivity index (χ0n) is 13.1. The third kappa shape index (κ3) is 7.51. The van der Waals surface area contributed by atoms with E-state index in [1.54, 1.807) is 0 Å². The largest absolute Gasteiger partial charge is 0.491 e. The average molecular weight is 279 g/mol. The molecular formula is C17H29NO2. The molecule has 0 saturated carbocycles. The van der Waals surface area contributed by atoms with Crippen LogP contribution in [0.15, 0.2) is 24.3 Å². The molecule has 0 amide bonds. The number of hydrogen-bond acceptors (Lipinski definition) is 3. The van der Waals surface area contributed by atoms with Gasteiger partial charge < -0.3 is 15.2 Å². The Kier molecular flexibility index (Phi) is 8.31. The fraction of sp³-hybridized carbons (Fsp3) is 0.647. The van der Waals surface area contributed by atoms with Crippen LogP contribution in [0.3, 0.4) is 0 Å². The lowest BCUT2D eigenvalue weighted by atomic mass is 10.1. The summed E-state index contributed by atoms with van der Waals surface area (Å²) in [7, 11) is 0. The first-order valence-corrected chi connectivity index (χ1v) is 7.72. The van der Waals surface area contributed by atoms with Crippen LogP contribution in [-0.2, 0) is 6.42 Å². The van der Waals surface area contributed by atoms with Gasteiger partial charge >= 0.3 is 0 Å². The van der Waals surface area contributed by atoms with Gasteiger partial charge in [0.1, 0.15) is 18.5 Å². The number of ether oxygens (including phenoxy) is 1. The monoisotopic (exact) mass is 279 g/mol. The molecule has 1 rings (SSSR count). The number of hydrogen-bond donors (Lipinski definition) is 2. The van der Waals surface area contributed by atoms with E-state index in [-0.39, 0.29) is 0 Å². The molecule has 0 bridgehead atoms. The van der Waals surface area contributed by atoms with Crippen LogP contribution in [0.5, 0.6) is 5.75 Å². The van der Waals surface area contributed by atoms with Crippen LogP contribution in [0.25, 0.3) is 0 Å². The highest BCUT2D eigenvalue weighted by molar-refractivity contribution is 5.28. The van der Waals surface area contributed by atoms with E-state index in [0.29, 0.717) is 13.2 Å². The van der Waals surface area contributed by atoms with Gasteiger partial charge in [-0.1, -0.05) is 32.9 Å². The predicted molar refractivity (Wildman–Crippen MR) is 84.3 cm³/mol. The summed E-state index contributed by atoms with van der Waals surface area (Å²) in [5.74, 6) is 1.58. The number of aliphatic hydroxyl groups is 1. The van der Waals surface area contributed by atoms with Crippen molar-refractivity contribution >= 4 is 0 Å². The maximum Gasteiger partial charge on any atom is 0.119 e. The van der Waals surface area contributed by atoms with Gasteiger partial charge in [0.25, 0.3) is 0 Å². The van der Waals surface area contributed by atoms with Crippen LogP contribution in [0.2, 0.25) is 0 Å². The van der Waals surface area contributed by atoms with Crippen molar-refractivity contribution in [3.63, 3.8) is 0 Å². The van der Waals surface area contributed by atoms with E-state index in [1.807, 2.05) is 18.2 Å². The standard InChI is InChI=1S/C17H29NO2/c1-4-15-8-5-9-17(11-15)20-13-16(19)12-18-10-6-7-14(2)3/h5,8-9,11,14,16,18-19H,4,6-7,10,12-13H2,1-3H3. The summed E-state index contributed by atoms with van der Waals surface area (Å²) in [5.41, 5.74) is 1.25. The van der Waals surface area contributed by atoms with Gasteiger partial charge in [0.2, 0.25) is 0 Å². The minimum absolute atomic E-state index is 0.338. The first-order chi connectivity index (χ1) is 9.61. The van der Waals surface area contributed by atoms with E-state index < -0.39 is 6.10 Å². The lowest BCUT2D eigenvalue weighted by Gasteiger charge is -2.14. The molecule has 0 heterocycles. The SMILES string of the molecule is CCc1cccc(OCC(O)CNCCCC(C)C)c1. The van der Waals surface area contributed by atoms with E-state index >= 15 is 0 Å². The van der Waals surface area contributed by atoms with Crippen molar-refractivity contribution in [2.24, 2.45) is 5.92 Å². The zero-order chi connectivity index (χ0) is 14.8. The Labute approximate surface area is 123 Å². The van der Waals surface area contributed by atoms with E-state index in [0.717, 1.165) is 31.1 Å². The van der Waals surface area contributed by atoms with Crippen LogP contribution >= 0.6 is 0 Å². The van der Waals surface area contributed by atoms with Crippen molar-refractivity contribution in [2.45, 2.75) is 46.1 Å². The van der Waals surface area contributed by atoms with Crippen molar-refractivity contribution in [1.82, 2.24) is 5.32 Å². The van der Waals surface area contributed by atoms with E-state index in [1.165, 1.54) is 12.0 Å². The van der Waals surface area contributed by atoms with Crippen LogP contribution in [-0.4, -0.2) is 30.9 Å². The third-order valence-electron chi connectivity index (χ3n) is 3.26. The molecule has 0 radical (unpaired) electrons. The van der Waals surface area contributed by atoms with Gasteiger partial charge in [0, 0.05) is 6.54 Å². The number of aryl methyl sites for hydroxylation is 1. The molecule has 0 aliphatic heterocycles. The van der Waals surface area contributed by atoms with Gasteiger partial charge in [-0.3, -0.25) is 0 Å². The first-order valence-electron chi connectivity index (χ1n) is 7.72. The Morgan fingerprint density at radius 2 is 2.10 bits per heavy atom. The van der Waals surface area contributed by atoms with Crippen LogP contribution in [0, 0.1) is 5.92 Å². The fourth-order valence-electron chi connectivity index (χ4n) is 2.01. The molecule has 3 nitrogen and oxygen atoms in total. The predicted octanol–water partition coefficient (Wildman–Crippen LogP) is 3.01. The summed E-state index contributed by atoms with van der Waals surface area (Å²) in [6.45, 7) is 8.46. The number of benzene rings is 1. The van der Waals surface area contributed by atoms with Crippen molar-refractivity contribution in [2.75, 3.05) is 19.7 Å². The second-order valence-corrected chi connectivity index (χ2v) is 5.71. The number of rotatable bonds is 10. The molecule has 0 aromatic heterocycles. The molecular weight excluding hydrogens is 250 g/mol. The minimum Gasteiger partial charge on any atom is -0.491 e. The number of aliphatic hydroxyl groups excluding tert-OH is 1. The Balaban J connectivity index is 2.14. The summed E-state index contributed by atoms with van der Waals surface area (Å²) in [5, 5.41) is 13.1. The van der Waals surface area contributed by atoms with Gasteiger partial charge in [-0.05, 0) is 49.4 Å². The molecule has 1 unspecified atom stereocenters. The first kappa shape index (κ1) is 17.0. The van der Waals surface area contributed by atoms with Crippen LogP contribution in [0.1, 0.15) is 39.2 Å². The summed E-state index contributed by atoms with van der Waals surface area (Å²) >= 11 is 0. The highest BCUT2D eigenvalue weighted by Gasteiger charge is 2.05. The minimum atomic E-state index is -0.459. The molecule has 2 N–H and O–H groups in total. The Hall–Kier alpha value is -1.06. The third-order valence-corrected chi connectivity index (χ3v) is 3.26. The Morgan fingerprint density at radius 3 is 2.80 bits per heavy atom. The van der Waals surface area contributed by atoms with Gasteiger partial charge in [-0.25, -0.2) is 0 Å². The quantitative estimate of drug-likeness (QED) is 0.647. The normalized spacial score (nSPS) is 12.7. The van der Waals surface area contributed by atoms with Crippen molar-refractivity contribution < 1.29 is 9.84 Å². The molecule has 0 spiro atoms. The topological polar surface area (TPSA) is 41.5 Å². The molecule has 0 aliphatic rings. The highest BCUT2D eigenvalue weighted by atomic mass is 16.5. The summed E-state index contributed by atoms with van der Waals surface area (Å²) < 4.78 is 5.62. The molecule has 1 aromatic carbocycles. The molecule has 0 saturated heterocycles. The van der Waals surface area contributed by atoms with E-state index in [9.17, 15) is 5.11 Å². The molecule has 0 aliphatic carbocycles. The number of nitrogens with one attached hydrogen (secondary N) is 1. The maximum atomic E-state index is 9.86. The van der Waals surface area contributed by atoms with Gasteiger partial charge in [0.05, 0.1) is 0 Å². The van der Waals surface area contributed by atoms with Gasteiger partial charge in [-0.2, -0.15) is 0 Å². The van der Waals surface area contributed by atoms with E-state index in [4.69, 9.17) is 4.74 Å². The molecule has 114 valence electrons. The lowest BCUT2D eigenvalue weighted by molar-refractivity contribution is 0.106. The van der Waals surface area contributed by atoms with Crippen molar-refractivity contribution in [3.05, 3.63) is 29.8 Å². The summed E-state index contributed by atoms with van der Waals surface area (Å²) in [6.07, 6.45) is 2.92. The summed E-state index contributed by atoms with van der Waals surface area (Å²) in [6, 6.07) is 8.04. The zero-order valence-corrected chi connectivity index (χ0v) is 13.1. The average Bonchev–Trinajstić information content (AvgIpc) is 2.44. The van der Waals surface area contributed by atoms with Gasteiger partial charge in [-0.15, -0.1) is 0 Å².